The molecule has 4 atom stereocenters. The summed E-state index contributed by atoms with van der Waals surface area (Å²) in [6.07, 6.45) is 5.24. The number of hydrogen-bond donors (Lipinski definition) is 0. The molecule has 0 N–H and O–H groups in total. The van der Waals surface area contributed by atoms with Crippen LogP contribution in [-0.2, 0) is 0 Å². The van der Waals surface area contributed by atoms with E-state index in [1.165, 1.54) is 6.42 Å². The summed E-state index contributed by atoms with van der Waals surface area (Å²) in [5, 5.41) is 0.223. The van der Waals surface area contributed by atoms with Crippen molar-refractivity contribution in [3.05, 3.63) is 0 Å². The van der Waals surface area contributed by atoms with E-state index in [0.29, 0.717) is 18.3 Å². The van der Waals surface area contributed by atoms with Gasteiger partial charge < -0.3 is 0 Å². The average Bonchev–Trinajstić information content (AvgIpc) is 2.56. The molecule has 112 valence electrons. The van der Waals surface area contributed by atoms with E-state index >= 15 is 0 Å². The molecule has 0 nitrogen and oxygen atoms in total. The lowest BCUT2D eigenvalue weighted by molar-refractivity contribution is 0.00130. The van der Waals surface area contributed by atoms with Crippen molar-refractivity contribution < 1.29 is 8.78 Å². The first-order chi connectivity index (χ1) is 8.70. The van der Waals surface area contributed by atoms with E-state index in [2.05, 4.69) is 20.8 Å². The topological polar surface area (TPSA) is 0 Å². The lowest BCUT2D eigenvalue weighted by Gasteiger charge is -2.43. The highest BCUT2D eigenvalue weighted by Crippen LogP contribution is 2.50. The number of halogens is 3. The molecule has 0 saturated heterocycles. The van der Waals surface area contributed by atoms with Crippen LogP contribution in [0.5, 0.6) is 0 Å². The smallest absolute Gasteiger partial charge is 0.207 e. The van der Waals surface area contributed by atoms with Gasteiger partial charge in [-0.05, 0) is 48.9 Å². The third kappa shape index (κ3) is 3.83. The second kappa shape index (κ2) is 5.50. The van der Waals surface area contributed by atoms with Crippen LogP contribution in [0.4, 0.5) is 8.78 Å². The van der Waals surface area contributed by atoms with E-state index in [-0.39, 0.29) is 29.6 Å². The monoisotopic (exact) mass is 292 g/mol. The maximum absolute atomic E-state index is 13.3. The number of rotatable bonds is 3. The van der Waals surface area contributed by atoms with E-state index in [0.717, 1.165) is 19.3 Å². The maximum atomic E-state index is 13.3. The van der Waals surface area contributed by atoms with Gasteiger partial charge in [0.1, 0.15) is 0 Å². The van der Waals surface area contributed by atoms with Crippen molar-refractivity contribution in [3.8, 4) is 0 Å². The van der Waals surface area contributed by atoms with Crippen LogP contribution in [0.15, 0.2) is 0 Å². The molecule has 3 heteroatoms. The first-order valence-corrected chi connectivity index (χ1v) is 8.15. The molecule has 0 spiro atoms. The van der Waals surface area contributed by atoms with Crippen molar-refractivity contribution in [3.63, 3.8) is 0 Å². The standard InChI is InChI=1S/C16H27ClF2/c1-11-4-5-13(14(17)8-11)15(2,3)9-12-6-7-16(18,19)10-12/h11-14H,4-10H2,1-3H3. The Morgan fingerprint density at radius 2 is 1.89 bits per heavy atom. The van der Waals surface area contributed by atoms with Crippen molar-refractivity contribution in [2.24, 2.45) is 23.2 Å². The summed E-state index contributed by atoms with van der Waals surface area (Å²) in [7, 11) is 0. The largest absolute Gasteiger partial charge is 0.248 e. The van der Waals surface area contributed by atoms with Gasteiger partial charge in [-0.1, -0.05) is 27.2 Å². The number of alkyl halides is 3. The van der Waals surface area contributed by atoms with E-state index < -0.39 is 5.92 Å². The predicted molar refractivity (Wildman–Crippen MR) is 76.8 cm³/mol. The molecule has 19 heavy (non-hydrogen) atoms. The van der Waals surface area contributed by atoms with Gasteiger partial charge in [-0.25, -0.2) is 8.78 Å². The minimum atomic E-state index is -2.41. The third-order valence-corrected chi connectivity index (χ3v) is 5.84. The third-order valence-electron chi connectivity index (χ3n) is 5.36. The zero-order valence-corrected chi connectivity index (χ0v) is 13.1. The molecule has 0 aromatic carbocycles. The van der Waals surface area contributed by atoms with Gasteiger partial charge in [0.2, 0.25) is 5.92 Å². The zero-order valence-electron chi connectivity index (χ0n) is 12.4. The average molecular weight is 293 g/mol. The summed E-state index contributed by atoms with van der Waals surface area (Å²) >= 11 is 6.56. The van der Waals surface area contributed by atoms with Crippen LogP contribution in [0.1, 0.15) is 65.7 Å². The molecule has 0 heterocycles. The van der Waals surface area contributed by atoms with E-state index in [4.69, 9.17) is 11.6 Å². The zero-order chi connectivity index (χ0) is 14.3. The predicted octanol–water partition coefficient (Wildman–Crippen LogP) is 5.88. The quantitative estimate of drug-likeness (QED) is 0.570. The van der Waals surface area contributed by atoms with Gasteiger partial charge in [0.15, 0.2) is 0 Å². The molecule has 2 rings (SSSR count). The van der Waals surface area contributed by atoms with Crippen LogP contribution in [0.3, 0.4) is 0 Å². The lowest BCUT2D eigenvalue weighted by atomic mass is 9.65. The van der Waals surface area contributed by atoms with Crippen molar-refractivity contribution in [1.29, 1.82) is 0 Å². The molecule has 2 saturated carbocycles. The Kier molecular flexibility index (Phi) is 4.50. The number of hydrogen-bond acceptors (Lipinski definition) is 0. The SMILES string of the molecule is CC1CCC(C(C)(C)CC2CCC(F)(F)C2)C(Cl)C1. The normalized spacial score (nSPS) is 39.5. The van der Waals surface area contributed by atoms with Gasteiger partial charge in [-0.3, -0.25) is 0 Å². The fourth-order valence-electron chi connectivity index (χ4n) is 4.30. The van der Waals surface area contributed by atoms with Gasteiger partial charge >= 0.3 is 0 Å². The Labute approximate surface area is 121 Å². The van der Waals surface area contributed by atoms with E-state index in [1.54, 1.807) is 0 Å². The minimum absolute atomic E-state index is 0.0831. The molecule has 2 aliphatic carbocycles. The lowest BCUT2D eigenvalue weighted by Crippen LogP contribution is -2.37. The van der Waals surface area contributed by atoms with E-state index in [1.807, 2.05) is 0 Å². The van der Waals surface area contributed by atoms with Crippen LogP contribution in [0.25, 0.3) is 0 Å². The Balaban J connectivity index is 1.94. The van der Waals surface area contributed by atoms with Gasteiger partial charge in [0.25, 0.3) is 0 Å². The fourth-order valence-corrected chi connectivity index (χ4v) is 5.07. The first-order valence-electron chi connectivity index (χ1n) is 7.71. The van der Waals surface area contributed by atoms with Crippen LogP contribution in [0.2, 0.25) is 0 Å². The molecule has 4 unspecified atom stereocenters. The molecule has 2 aliphatic rings. The van der Waals surface area contributed by atoms with E-state index in [9.17, 15) is 8.78 Å². The molecule has 0 radical (unpaired) electrons. The minimum Gasteiger partial charge on any atom is -0.207 e. The summed E-state index contributed by atoms with van der Waals surface area (Å²) < 4.78 is 26.6. The van der Waals surface area contributed by atoms with Crippen LogP contribution in [0, 0.1) is 23.2 Å². The molecule has 0 bridgehead atoms. The first kappa shape index (κ1) is 15.5. The Bertz CT molecular complexity index is 314. The second-order valence-corrected chi connectivity index (χ2v) is 8.26. The second-order valence-electron chi connectivity index (χ2n) is 7.70. The molecule has 0 aliphatic heterocycles. The summed E-state index contributed by atoms with van der Waals surface area (Å²) in [6.45, 7) is 6.73. The highest BCUT2D eigenvalue weighted by molar-refractivity contribution is 6.20. The van der Waals surface area contributed by atoms with Crippen molar-refractivity contribution in [1.82, 2.24) is 0 Å². The molecular weight excluding hydrogens is 266 g/mol. The Morgan fingerprint density at radius 3 is 2.42 bits per heavy atom. The Hall–Kier alpha value is 0.150. The molecular formula is C16H27ClF2. The highest BCUT2D eigenvalue weighted by Gasteiger charge is 2.44. The summed E-state index contributed by atoms with van der Waals surface area (Å²) in [5.41, 5.74) is 0.0949. The van der Waals surface area contributed by atoms with Crippen molar-refractivity contribution in [2.75, 3.05) is 0 Å². The molecule has 2 fully saturated rings. The van der Waals surface area contributed by atoms with Gasteiger partial charge in [0.05, 0.1) is 0 Å². The molecule has 0 aromatic heterocycles. The van der Waals surface area contributed by atoms with Crippen LogP contribution in [-0.4, -0.2) is 11.3 Å². The maximum Gasteiger partial charge on any atom is 0.248 e. The Morgan fingerprint density at radius 1 is 1.21 bits per heavy atom. The highest BCUT2D eigenvalue weighted by atomic mass is 35.5. The summed E-state index contributed by atoms with van der Waals surface area (Å²) in [4.78, 5) is 0. The summed E-state index contributed by atoms with van der Waals surface area (Å²) in [5.74, 6) is -1.03. The van der Waals surface area contributed by atoms with Gasteiger partial charge in [-0.2, -0.15) is 0 Å². The van der Waals surface area contributed by atoms with Crippen molar-refractivity contribution in [2.45, 2.75) is 77.0 Å². The van der Waals surface area contributed by atoms with Gasteiger partial charge in [0, 0.05) is 18.2 Å². The molecule has 0 aromatic rings. The molecule has 0 amide bonds. The van der Waals surface area contributed by atoms with Crippen LogP contribution >= 0.6 is 11.6 Å². The van der Waals surface area contributed by atoms with Crippen LogP contribution < -0.4 is 0 Å². The van der Waals surface area contributed by atoms with Crippen molar-refractivity contribution >= 4 is 11.6 Å². The summed E-state index contributed by atoms with van der Waals surface area (Å²) in [6, 6.07) is 0. The fraction of sp³-hybridized carbons (Fsp3) is 1.00. The van der Waals surface area contributed by atoms with Gasteiger partial charge in [-0.15, -0.1) is 11.6 Å².